The Morgan fingerprint density at radius 1 is 1.08 bits per heavy atom. The van der Waals surface area contributed by atoms with Crippen molar-refractivity contribution in [1.82, 2.24) is 4.98 Å². The van der Waals surface area contributed by atoms with Gasteiger partial charge in [-0.2, -0.15) is 13.2 Å². The van der Waals surface area contributed by atoms with E-state index in [1.54, 1.807) is 18.2 Å². The van der Waals surface area contributed by atoms with Gasteiger partial charge in [-0.1, -0.05) is 6.07 Å². The van der Waals surface area contributed by atoms with Gasteiger partial charge >= 0.3 is 6.18 Å². The topological polar surface area (TPSA) is 48.4 Å². The highest BCUT2D eigenvalue weighted by Crippen LogP contribution is 2.31. The van der Waals surface area contributed by atoms with Crippen molar-refractivity contribution in [1.29, 1.82) is 0 Å². The first-order valence-corrected chi connectivity index (χ1v) is 7.88. The van der Waals surface area contributed by atoms with E-state index < -0.39 is 11.9 Å². The summed E-state index contributed by atoms with van der Waals surface area (Å²) in [7, 11) is 0. The number of hydrogen-bond donors (Lipinski definition) is 0. The molecule has 0 unspecified atom stereocenters. The molecule has 3 rings (SSSR count). The van der Waals surface area contributed by atoms with Crippen LogP contribution in [0.25, 0.3) is 0 Å². The number of carbonyl (C=O) groups excluding carboxylic acids is 1. The Labute approximate surface area is 142 Å². The third-order valence-corrected chi connectivity index (χ3v) is 3.83. The molecule has 25 heavy (non-hydrogen) atoms. The van der Waals surface area contributed by atoms with Crippen LogP contribution in [0.2, 0.25) is 0 Å². The van der Waals surface area contributed by atoms with Crippen LogP contribution in [0.5, 0.6) is 11.5 Å². The third-order valence-electron chi connectivity index (χ3n) is 3.83. The molecule has 0 atom stereocenters. The highest BCUT2D eigenvalue weighted by molar-refractivity contribution is 5.96. The summed E-state index contributed by atoms with van der Waals surface area (Å²) in [5.41, 5.74) is 0.130. The monoisotopic (exact) mass is 351 g/mol. The number of halogens is 3. The lowest BCUT2D eigenvalue weighted by Crippen LogP contribution is -2.08. The molecule has 0 radical (unpaired) electrons. The van der Waals surface area contributed by atoms with Crippen molar-refractivity contribution in [3.63, 3.8) is 0 Å². The number of rotatable bonds is 4. The van der Waals surface area contributed by atoms with E-state index in [2.05, 4.69) is 4.98 Å². The molecule has 132 valence electrons. The predicted molar refractivity (Wildman–Crippen MR) is 83.9 cm³/mol. The van der Waals surface area contributed by atoms with Crippen molar-refractivity contribution in [2.75, 3.05) is 13.2 Å². The summed E-state index contributed by atoms with van der Waals surface area (Å²) >= 11 is 0. The maximum absolute atomic E-state index is 12.5. The van der Waals surface area contributed by atoms with Gasteiger partial charge in [0.25, 0.3) is 0 Å². The van der Waals surface area contributed by atoms with Gasteiger partial charge in [0.05, 0.1) is 13.2 Å². The van der Waals surface area contributed by atoms with Gasteiger partial charge in [0.1, 0.15) is 5.69 Å². The van der Waals surface area contributed by atoms with Crippen LogP contribution >= 0.6 is 0 Å². The summed E-state index contributed by atoms with van der Waals surface area (Å²) in [6.07, 6.45) is -2.04. The number of alkyl halides is 3. The van der Waals surface area contributed by atoms with Crippen molar-refractivity contribution in [3.05, 3.63) is 53.3 Å². The molecular weight excluding hydrogens is 335 g/mol. The first-order valence-electron chi connectivity index (χ1n) is 7.88. The number of carbonyl (C=O) groups is 1. The number of aryl methyl sites for hydroxylation is 1. The van der Waals surface area contributed by atoms with Crippen LogP contribution in [0.3, 0.4) is 0 Å². The number of benzene rings is 1. The maximum atomic E-state index is 12.5. The minimum absolute atomic E-state index is 0.115. The summed E-state index contributed by atoms with van der Waals surface area (Å²) in [6, 6.07) is 7.28. The first-order chi connectivity index (χ1) is 11.9. The number of aromatic nitrogens is 1. The van der Waals surface area contributed by atoms with Crippen molar-refractivity contribution >= 4 is 5.78 Å². The number of ketones is 1. The Hall–Kier alpha value is -2.57. The number of ether oxygens (including phenoxy) is 2. The van der Waals surface area contributed by atoms with E-state index in [1.165, 1.54) is 6.07 Å². The Kier molecular flexibility index (Phi) is 4.92. The zero-order valence-electron chi connectivity index (χ0n) is 13.3. The quantitative estimate of drug-likeness (QED) is 0.779. The molecule has 2 aromatic rings. The lowest BCUT2D eigenvalue weighted by atomic mass is 10.0. The van der Waals surface area contributed by atoms with E-state index in [-0.39, 0.29) is 12.2 Å². The van der Waals surface area contributed by atoms with Gasteiger partial charge in [0, 0.05) is 24.6 Å². The molecule has 1 aliphatic heterocycles. The van der Waals surface area contributed by atoms with Gasteiger partial charge in [0.15, 0.2) is 17.3 Å². The molecule has 0 saturated carbocycles. The lowest BCUT2D eigenvalue weighted by Gasteiger charge is -2.09. The van der Waals surface area contributed by atoms with E-state index in [0.29, 0.717) is 42.3 Å². The SMILES string of the molecule is O=C(CCc1ccc(C(F)(F)F)nc1)c1ccc2c(c1)OCCCO2. The van der Waals surface area contributed by atoms with E-state index in [9.17, 15) is 18.0 Å². The maximum Gasteiger partial charge on any atom is 0.433 e. The van der Waals surface area contributed by atoms with Gasteiger partial charge in [0.2, 0.25) is 0 Å². The smallest absolute Gasteiger partial charge is 0.433 e. The molecule has 0 bridgehead atoms. The van der Waals surface area contributed by atoms with E-state index in [1.807, 2.05) is 0 Å². The fourth-order valence-corrected chi connectivity index (χ4v) is 2.48. The molecule has 0 spiro atoms. The average Bonchev–Trinajstić information content (AvgIpc) is 2.84. The largest absolute Gasteiger partial charge is 0.490 e. The summed E-state index contributed by atoms with van der Waals surface area (Å²) in [6.45, 7) is 1.10. The summed E-state index contributed by atoms with van der Waals surface area (Å²) in [5.74, 6) is 1.04. The lowest BCUT2D eigenvalue weighted by molar-refractivity contribution is -0.141. The van der Waals surface area contributed by atoms with Crippen molar-refractivity contribution < 1.29 is 27.4 Å². The fourth-order valence-electron chi connectivity index (χ4n) is 2.48. The molecule has 1 aromatic heterocycles. The molecule has 4 nitrogen and oxygen atoms in total. The Morgan fingerprint density at radius 2 is 1.84 bits per heavy atom. The molecule has 0 amide bonds. The first kappa shape index (κ1) is 17.3. The number of Topliss-reactive ketones (excluding diaryl/α,β-unsaturated/α-hetero) is 1. The molecular formula is C18H16F3NO3. The van der Waals surface area contributed by atoms with E-state index in [0.717, 1.165) is 18.7 Å². The van der Waals surface area contributed by atoms with Crippen LogP contribution in [-0.2, 0) is 12.6 Å². The van der Waals surface area contributed by atoms with Gasteiger partial charge in [-0.3, -0.25) is 9.78 Å². The molecule has 0 aliphatic carbocycles. The summed E-state index contributed by atoms with van der Waals surface area (Å²) < 4.78 is 48.5. The second kappa shape index (κ2) is 7.13. The van der Waals surface area contributed by atoms with Crippen LogP contribution < -0.4 is 9.47 Å². The standard InChI is InChI=1S/C18H16F3NO3/c19-18(20,21)17-7-3-12(11-22-17)2-5-14(23)13-4-6-15-16(10-13)25-9-1-8-24-15/h3-4,6-7,10-11H,1-2,5,8-9H2. The Morgan fingerprint density at radius 3 is 2.52 bits per heavy atom. The van der Waals surface area contributed by atoms with Gasteiger partial charge in [-0.05, 0) is 36.2 Å². The van der Waals surface area contributed by atoms with E-state index >= 15 is 0 Å². The van der Waals surface area contributed by atoms with Crippen molar-refractivity contribution in [2.45, 2.75) is 25.4 Å². The Bertz CT molecular complexity index is 757. The normalized spacial score (nSPS) is 14.0. The number of fused-ring (bicyclic) bond motifs is 1. The van der Waals surface area contributed by atoms with Crippen LogP contribution in [0, 0.1) is 0 Å². The van der Waals surface area contributed by atoms with Crippen molar-refractivity contribution in [2.24, 2.45) is 0 Å². The fraction of sp³-hybridized carbons (Fsp3) is 0.333. The van der Waals surface area contributed by atoms with Crippen LogP contribution in [0.1, 0.15) is 34.5 Å². The highest BCUT2D eigenvalue weighted by atomic mass is 19.4. The predicted octanol–water partition coefficient (Wildman–Crippen LogP) is 4.08. The molecule has 1 aliphatic rings. The summed E-state index contributed by atoms with van der Waals surface area (Å²) in [5, 5.41) is 0. The van der Waals surface area contributed by atoms with Gasteiger partial charge in [-0.15, -0.1) is 0 Å². The Balaban J connectivity index is 1.64. The number of pyridine rings is 1. The molecule has 0 saturated heterocycles. The second-order valence-electron chi connectivity index (χ2n) is 5.68. The molecule has 0 fully saturated rings. The van der Waals surface area contributed by atoms with Crippen LogP contribution in [0.15, 0.2) is 36.5 Å². The van der Waals surface area contributed by atoms with Gasteiger partial charge in [-0.25, -0.2) is 0 Å². The average molecular weight is 351 g/mol. The number of nitrogens with zero attached hydrogens (tertiary/aromatic N) is 1. The molecule has 1 aromatic carbocycles. The zero-order valence-corrected chi connectivity index (χ0v) is 13.3. The molecule has 2 heterocycles. The molecule has 7 heteroatoms. The third kappa shape index (κ3) is 4.29. The minimum Gasteiger partial charge on any atom is -0.490 e. The van der Waals surface area contributed by atoms with Gasteiger partial charge < -0.3 is 9.47 Å². The minimum atomic E-state index is -4.46. The molecule has 0 N–H and O–H groups in total. The van der Waals surface area contributed by atoms with Crippen LogP contribution in [0.4, 0.5) is 13.2 Å². The summed E-state index contributed by atoms with van der Waals surface area (Å²) in [4.78, 5) is 15.7. The van der Waals surface area contributed by atoms with E-state index in [4.69, 9.17) is 9.47 Å². The second-order valence-corrected chi connectivity index (χ2v) is 5.68. The number of hydrogen-bond acceptors (Lipinski definition) is 4. The van der Waals surface area contributed by atoms with Crippen LogP contribution in [-0.4, -0.2) is 24.0 Å². The zero-order chi connectivity index (χ0) is 17.9. The highest BCUT2D eigenvalue weighted by Gasteiger charge is 2.32. The van der Waals surface area contributed by atoms with Crippen molar-refractivity contribution in [3.8, 4) is 11.5 Å².